The fourth-order valence-corrected chi connectivity index (χ4v) is 2.20. The Kier molecular flexibility index (Phi) is 3.86. The first kappa shape index (κ1) is 13.2. The Morgan fingerprint density at radius 1 is 1.42 bits per heavy atom. The quantitative estimate of drug-likeness (QED) is 0.498. The smallest absolute Gasteiger partial charge is 0.339 e. The fraction of sp³-hybridized carbons (Fsp3) is 0.0833. The largest absolute Gasteiger partial charge is 0.465 e. The number of rotatable bonds is 3. The second-order valence-corrected chi connectivity index (χ2v) is 4.64. The van der Waals surface area contributed by atoms with Gasteiger partial charge < -0.3 is 15.5 Å². The molecular weight excluding hydrogens is 266 g/mol. The number of hydrogen-bond acceptors (Lipinski definition) is 6. The van der Waals surface area contributed by atoms with Gasteiger partial charge in [-0.05, 0) is 18.2 Å². The first-order valence-electron chi connectivity index (χ1n) is 5.31. The summed E-state index contributed by atoms with van der Waals surface area (Å²) in [6.07, 6.45) is 1.42. The summed E-state index contributed by atoms with van der Waals surface area (Å²) in [7, 11) is 1.29. The molecule has 6 nitrogen and oxygen atoms in total. The monoisotopic (exact) mass is 277 g/mol. The molecule has 3 N–H and O–H groups in total. The highest BCUT2D eigenvalue weighted by molar-refractivity contribution is 7.99. The molecule has 0 radical (unpaired) electrons. The van der Waals surface area contributed by atoms with Crippen molar-refractivity contribution >= 4 is 23.4 Å². The first-order chi connectivity index (χ1) is 9.10. The van der Waals surface area contributed by atoms with Gasteiger partial charge in [-0.15, -0.1) is 0 Å². The van der Waals surface area contributed by atoms with Gasteiger partial charge in [0.1, 0.15) is 0 Å². The van der Waals surface area contributed by atoms with Gasteiger partial charge in [0.15, 0.2) is 5.16 Å². The second-order valence-electron chi connectivity index (χ2n) is 3.58. The summed E-state index contributed by atoms with van der Waals surface area (Å²) in [4.78, 5) is 30.0. The van der Waals surface area contributed by atoms with Gasteiger partial charge in [-0.3, -0.25) is 4.79 Å². The van der Waals surface area contributed by atoms with Crippen molar-refractivity contribution in [2.75, 3.05) is 12.8 Å². The molecule has 0 fully saturated rings. The van der Waals surface area contributed by atoms with E-state index in [1.165, 1.54) is 31.1 Å². The molecule has 0 saturated carbocycles. The Morgan fingerprint density at radius 3 is 2.89 bits per heavy atom. The second kappa shape index (κ2) is 5.57. The van der Waals surface area contributed by atoms with Crippen molar-refractivity contribution in [2.24, 2.45) is 0 Å². The predicted octanol–water partition coefficient (Wildman–Crippen LogP) is 1.29. The van der Waals surface area contributed by atoms with Crippen molar-refractivity contribution in [1.29, 1.82) is 0 Å². The van der Waals surface area contributed by atoms with Gasteiger partial charge in [-0.1, -0.05) is 11.8 Å². The average molecular weight is 277 g/mol. The lowest BCUT2D eigenvalue weighted by molar-refractivity contribution is 0.0601. The number of hydrogen-bond donors (Lipinski definition) is 2. The van der Waals surface area contributed by atoms with Gasteiger partial charge in [0.05, 0.1) is 12.7 Å². The first-order valence-corrected chi connectivity index (χ1v) is 6.13. The Hall–Kier alpha value is -2.28. The van der Waals surface area contributed by atoms with Crippen molar-refractivity contribution in [3.8, 4) is 0 Å². The molecule has 2 aromatic rings. The standard InChI is InChI=1S/C12H11N3O3S/c1-18-11(17)8-6-7(2-3-9(8)13)19-12-14-5-4-10(16)15-12/h2-6H,13H2,1H3,(H,14,15,16). The van der Waals surface area contributed by atoms with Gasteiger partial charge in [-0.25, -0.2) is 9.78 Å². The topological polar surface area (TPSA) is 98.1 Å². The third kappa shape index (κ3) is 3.14. The number of carbonyl (C=O) groups is 1. The van der Waals surface area contributed by atoms with E-state index in [1.807, 2.05) is 0 Å². The number of nitrogens with one attached hydrogen (secondary N) is 1. The number of methoxy groups -OCH3 is 1. The molecule has 0 aliphatic heterocycles. The van der Waals surface area contributed by atoms with Crippen molar-refractivity contribution in [3.05, 3.63) is 46.4 Å². The van der Waals surface area contributed by atoms with Gasteiger partial charge in [0, 0.05) is 22.8 Å². The van der Waals surface area contributed by atoms with E-state index in [2.05, 4.69) is 14.7 Å². The van der Waals surface area contributed by atoms with Crippen molar-refractivity contribution in [2.45, 2.75) is 10.1 Å². The summed E-state index contributed by atoms with van der Waals surface area (Å²) in [5.74, 6) is -0.505. The minimum atomic E-state index is -0.505. The normalized spacial score (nSPS) is 10.2. The third-order valence-corrected chi connectivity index (χ3v) is 3.18. The molecule has 2 rings (SSSR count). The van der Waals surface area contributed by atoms with Crippen LogP contribution in [0.15, 0.2) is 45.3 Å². The van der Waals surface area contributed by atoms with E-state index >= 15 is 0 Å². The highest BCUT2D eigenvalue weighted by Gasteiger charge is 2.11. The molecule has 7 heteroatoms. The molecule has 0 aliphatic carbocycles. The van der Waals surface area contributed by atoms with Gasteiger partial charge >= 0.3 is 5.97 Å². The maximum absolute atomic E-state index is 11.5. The van der Waals surface area contributed by atoms with E-state index in [1.54, 1.807) is 18.2 Å². The number of benzene rings is 1. The van der Waals surface area contributed by atoms with E-state index in [4.69, 9.17) is 5.73 Å². The minimum absolute atomic E-state index is 0.235. The number of nitrogens with zero attached hydrogens (tertiary/aromatic N) is 1. The molecular formula is C12H11N3O3S. The zero-order chi connectivity index (χ0) is 13.8. The van der Waals surface area contributed by atoms with Gasteiger partial charge in [0.25, 0.3) is 5.56 Å². The maximum Gasteiger partial charge on any atom is 0.339 e. The third-order valence-electron chi connectivity index (χ3n) is 2.29. The number of aromatic nitrogens is 2. The van der Waals surface area contributed by atoms with E-state index in [0.29, 0.717) is 10.8 Å². The summed E-state index contributed by atoms with van der Waals surface area (Å²) in [6, 6.07) is 6.26. The molecule has 98 valence electrons. The molecule has 1 aromatic heterocycles. The minimum Gasteiger partial charge on any atom is -0.465 e. The molecule has 0 bridgehead atoms. The van der Waals surface area contributed by atoms with Crippen LogP contribution in [-0.4, -0.2) is 23.0 Å². The number of aromatic amines is 1. The van der Waals surface area contributed by atoms with Crippen LogP contribution in [0.3, 0.4) is 0 Å². The summed E-state index contributed by atoms with van der Waals surface area (Å²) in [5, 5.41) is 0.438. The van der Waals surface area contributed by atoms with Crippen LogP contribution in [0.1, 0.15) is 10.4 Å². The van der Waals surface area contributed by atoms with Crippen LogP contribution in [0.2, 0.25) is 0 Å². The van der Waals surface area contributed by atoms with Crippen LogP contribution in [0.4, 0.5) is 5.69 Å². The van der Waals surface area contributed by atoms with Crippen molar-refractivity contribution in [3.63, 3.8) is 0 Å². The molecule has 0 unspecified atom stereocenters. The molecule has 0 spiro atoms. The van der Waals surface area contributed by atoms with Gasteiger partial charge in [0.2, 0.25) is 0 Å². The van der Waals surface area contributed by atoms with Crippen molar-refractivity contribution in [1.82, 2.24) is 9.97 Å². The predicted molar refractivity (Wildman–Crippen MR) is 71.2 cm³/mol. The Morgan fingerprint density at radius 2 is 2.21 bits per heavy atom. The van der Waals surface area contributed by atoms with Crippen LogP contribution in [0.25, 0.3) is 0 Å². The number of nitrogens with two attached hydrogens (primary N) is 1. The lowest BCUT2D eigenvalue weighted by atomic mass is 10.2. The van der Waals surface area contributed by atoms with Crippen LogP contribution in [0.5, 0.6) is 0 Å². The molecule has 0 aliphatic rings. The number of carbonyl (C=O) groups excluding carboxylic acids is 1. The summed E-state index contributed by atoms with van der Waals surface area (Å²) in [5.41, 5.74) is 6.09. The zero-order valence-corrected chi connectivity index (χ0v) is 10.9. The Labute approximate surface area is 113 Å². The average Bonchev–Trinajstić information content (AvgIpc) is 2.40. The molecule has 19 heavy (non-hydrogen) atoms. The molecule has 0 saturated heterocycles. The number of nitrogen functional groups attached to an aromatic ring is 1. The molecule has 0 amide bonds. The highest BCUT2D eigenvalue weighted by Crippen LogP contribution is 2.27. The number of ether oxygens (including phenoxy) is 1. The van der Waals surface area contributed by atoms with Gasteiger partial charge in [-0.2, -0.15) is 0 Å². The van der Waals surface area contributed by atoms with Crippen LogP contribution < -0.4 is 11.3 Å². The number of esters is 1. The van der Waals surface area contributed by atoms with Crippen LogP contribution >= 0.6 is 11.8 Å². The van der Waals surface area contributed by atoms with Crippen LogP contribution in [-0.2, 0) is 4.74 Å². The van der Waals surface area contributed by atoms with Crippen LogP contribution in [0, 0.1) is 0 Å². The Bertz CT molecular complexity index is 669. The highest BCUT2D eigenvalue weighted by atomic mass is 32.2. The lowest BCUT2D eigenvalue weighted by Gasteiger charge is -2.06. The summed E-state index contributed by atoms with van der Waals surface area (Å²) >= 11 is 1.22. The van der Waals surface area contributed by atoms with E-state index in [-0.39, 0.29) is 11.1 Å². The molecule has 1 heterocycles. The Balaban J connectivity index is 2.31. The summed E-state index contributed by atoms with van der Waals surface area (Å²) < 4.78 is 4.64. The fourth-order valence-electron chi connectivity index (χ4n) is 1.40. The molecule has 1 aromatic carbocycles. The van der Waals surface area contributed by atoms with E-state index in [9.17, 15) is 9.59 Å². The van der Waals surface area contributed by atoms with Crippen molar-refractivity contribution < 1.29 is 9.53 Å². The zero-order valence-electron chi connectivity index (χ0n) is 10.0. The SMILES string of the molecule is COC(=O)c1cc(Sc2nccc(=O)[nH]2)ccc1N. The summed E-state index contributed by atoms with van der Waals surface area (Å²) in [6.45, 7) is 0. The lowest BCUT2D eigenvalue weighted by Crippen LogP contribution is -2.06. The number of H-pyrrole nitrogens is 1. The maximum atomic E-state index is 11.5. The molecule has 0 atom stereocenters. The van der Waals surface area contributed by atoms with E-state index in [0.717, 1.165) is 4.90 Å². The number of anilines is 1. The van der Waals surface area contributed by atoms with E-state index < -0.39 is 5.97 Å².